The van der Waals surface area contributed by atoms with Crippen molar-refractivity contribution in [2.75, 3.05) is 19.6 Å². The first-order chi connectivity index (χ1) is 13.6. The Hall–Kier alpha value is -1.92. The second-order valence-electron chi connectivity index (χ2n) is 8.17. The Morgan fingerprint density at radius 1 is 1.21 bits per heavy atom. The summed E-state index contributed by atoms with van der Waals surface area (Å²) in [7, 11) is 0. The zero-order valence-electron chi connectivity index (χ0n) is 15.6. The quantitative estimate of drug-likeness (QED) is 0.784. The lowest BCUT2D eigenvalue weighted by Gasteiger charge is -2.51. The maximum Gasteiger partial charge on any atom is 0.223 e. The number of piperidine rings is 3. The van der Waals surface area contributed by atoms with E-state index in [9.17, 15) is 9.18 Å². The van der Waals surface area contributed by atoms with Crippen LogP contribution >= 0.6 is 11.6 Å². The van der Waals surface area contributed by atoms with Gasteiger partial charge in [0.1, 0.15) is 11.6 Å². The topological polar surface area (TPSA) is 49.6 Å². The van der Waals surface area contributed by atoms with E-state index in [0.29, 0.717) is 42.3 Å². The molecule has 4 fully saturated rings. The normalized spacial score (nSPS) is 31.2. The van der Waals surface area contributed by atoms with Gasteiger partial charge >= 0.3 is 0 Å². The summed E-state index contributed by atoms with van der Waals surface area (Å²) in [6.07, 6.45) is 3.19. The minimum atomic E-state index is -0.220. The molecular formula is C21H23ClFN3O2. The fourth-order valence-corrected chi connectivity index (χ4v) is 5.64. The number of rotatable bonds is 4. The third kappa shape index (κ3) is 3.12. The number of carbonyl (C=O) groups is 1. The highest BCUT2D eigenvalue weighted by Crippen LogP contribution is 2.46. The summed E-state index contributed by atoms with van der Waals surface area (Å²) in [5, 5.41) is 3.99. The van der Waals surface area contributed by atoms with Crippen molar-refractivity contribution in [3.63, 3.8) is 0 Å². The summed E-state index contributed by atoms with van der Waals surface area (Å²) in [5.74, 6) is 1.36. The molecule has 148 valence electrons. The van der Waals surface area contributed by atoms with E-state index in [1.165, 1.54) is 12.1 Å². The van der Waals surface area contributed by atoms with Crippen LogP contribution in [0, 0.1) is 11.7 Å². The number of amides is 1. The summed E-state index contributed by atoms with van der Waals surface area (Å²) >= 11 is 5.80. The smallest absolute Gasteiger partial charge is 0.223 e. The van der Waals surface area contributed by atoms with Crippen LogP contribution < -0.4 is 0 Å². The predicted octanol–water partition coefficient (Wildman–Crippen LogP) is 3.49. The van der Waals surface area contributed by atoms with Crippen LogP contribution in [0.5, 0.6) is 0 Å². The molecule has 3 atom stereocenters. The van der Waals surface area contributed by atoms with Crippen LogP contribution in [0.1, 0.15) is 36.5 Å². The Bertz CT molecular complexity index is 863. The molecule has 1 amide bonds. The van der Waals surface area contributed by atoms with Crippen LogP contribution in [0.25, 0.3) is 0 Å². The molecule has 0 saturated carbocycles. The fraction of sp³-hybridized carbons (Fsp3) is 0.524. The number of halogens is 2. The van der Waals surface area contributed by atoms with Crippen LogP contribution in [0.3, 0.4) is 0 Å². The molecule has 5 heterocycles. The molecule has 5 nitrogen and oxygen atoms in total. The van der Waals surface area contributed by atoms with Crippen molar-refractivity contribution in [3.05, 3.63) is 52.6 Å². The van der Waals surface area contributed by atoms with Crippen molar-refractivity contribution >= 4 is 17.5 Å². The number of carbonyl (C=O) groups excluding carboxylic acids is 1. The molecule has 1 aromatic heterocycles. The third-order valence-electron chi connectivity index (χ3n) is 6.73. The van der Waals surface area contributed by atoms with Gasteiger partial charge in [-0.15, -0.1) is 0 Å². The van der Waals surface area contributed by atoms with E-state index >= 15 is 0 Å². The van der Waals surface area contributed by atoms with Gasteiger partial charge in [-0.2, -0.15) is 0 Å². The molecule has 0 unspecified atom stereocenters. The number of hydrogen-bond acceptors (Lipinski definition) is 4. The van der Waals surface area contributed by atoms with E-state index in [2.05, 4.69) is 15.0 Å². The number of aromatic nitrogens is 1. The predicted molar refractivity (Wildman–Crippen MR) is 103 cm³/mol. The molecule has 4 aliphatic rings. The lowest BCUT2D eigenvalue weighted by atomic mass is 9.75. The first kappa shape index (κ1) is 18.1. The van der Waals surface area contributed by atoms with Crippen LogP contribution in [-0.2, 0) is 11.2 Å². The Kier molecular flexibility index (Phi) is 4.63. The summed E-state index contributed by atoms with van der Waals surface area (Å²) in [5.41, 5.74) is 1.13. The number of benzene rings is 1. The van der Waals surface area contributed by atoms with Crippen LogP contribution in [-0.4, -0.2) is 52.6 Å². The van der Waals surface area contributed by atoms with Crippen molar-refractivity contribution in [1.82, 2.24) is 15.0 Å². The highest BCUT2D eigenvalue weighted by Gasteiger charge is 2.54. The summed E-state index contributed by atoms with van der Waals surface area (Å²) < 4.78 is 18.6. The van der Waals surface area contributed by atoms with Gasteiger partial charge in [0.05, 0.1) is 6.04 Å². The molecule has 6 rings (SSSR count). The van der Waals surface area contributed by atoms with Gasteiger partial charge in [-0.3, -0.25) is 9.69 Å². The van der Waals surface area contributed by atoms with Gasteiger partial charge in [0.25, 0.3) is 0 Å². The Morgan fingerprint density at radius 2 is 1.96 bits per heavy atom. The first-order valence-corrected chi connectivity index (χ1v) is 10.4. The van der Waals surface area contributed by atoms with E-state index in [0.717, 1.165) is 31.5 Å². The van der Waals surface area contributed by atoms with Gasteiger partial charge < -0.3 is 9.42 Å². The van der Waals surface area contributed by atoms with Crippen LogP contribution in [0.4, 0.5) is 4.39 Å². The summed E-state index contributed by atoms with van der Waals surface area (Å²) in [6.45, 7) is 2.90. The standard InChI is InChI=1S/C21H23ClFN3O2/c22-18-11-16(28-24-18)5-6-19(27)26-12-17(13-1-3-15(23)4-2-13)21-20(26)14-7-9-25(21)10-8-14/h1-4,11,14,17,20-21H,5-10,12H2/t17-,20+,21+/m0/s1. The van der Waals surface area contributed by atoms with E-state index in [4.69, 9.17) is 16.1 Å². The molecule has 0 spiro atoms. The van der Waals surface area contributed by atoms with Gasteiger partial charge in [0, 0.05) is 37.4 Å². The number of nitrogens with zero attached hydrogens (tertiary/aromatic N) is 3. The zero-order valence-corrected chi connectivity index (χ0v) is 16.3. The van der Waals surface area contributed by atoms with Crippen molar-refractivity contribution in [2.45, 2.75) is 43.7 Å². The molecule has 28 heavy (non-hydrogen) atoms. The monoisotopic (exact) mass is 403 g/mol. The fourth-order valence-electron chi connectivity index (χ4n) is 5.49. The van der Waals surface area contributed by atoms with Gasteiger partial charge in [0.15, 0.2) is 5.15 Å². The average molecular weight is 404 g/mol. The summed E-state index contributed by atoms with van der Waals surface area (Å²) in [4.78, 5) is 17.8. The molecule has 0 radical (unpaired) electrons. The SMILES string of the molecule is O=C(CCc1cc(Cl)no1)N1C[C@@H](c2ccc(F)cc2)[C@@H]2[C@H]1C1CCN2CC1. The summed E-state index contributed by atoms with van der Waals surface area (Å²) in [6, 6.07) is 9.07. The van der Waals surface area contributed by atoms with Crippen molar-refractivity contribution in [1.29, 1.82) is 0 Å². The van der Waals surface area contributed by atoms with E-state index in [1.807, 2.05) is 12.1 Å². The second-order valence-corrected chi connectivity index (χ2v) is 8.56. The van der Waals surface area contributed by atoms with Crippen LogP contribution in [0.15, 0.2) is 34.9 Å². The highest BCUT2D eigenvalue weighted by molar-refractivity contribution is 6.29. The Morgan fingerprint density at radius 3 is 2.64 bits per heavy atom. The zero-order chi connectivity index (χ0) is 19.3. The molecule has 2 aromatic rings. The van der Waals surface area contributed by atoms with Gasteiger partial charge in [-0.05, 0) is 49.5 Å². The lowest BCUT2D eigenvalue weighted by molar-refractivity contribution is -0.136. The van der Waals surface area contributed by atoms with Crippen LogP contribution in [0.2, 0.25) is 5.15 Å². The third-order valence-corrected chi connectivity index (χ3v) is 6.91. The molecule has 7 heteroatoms. The number of hydrogen-bond donors (Lipinski definition) is 0. The molecule has 0 N–H and O–H groups in total. The van der Waals surface area contributed by atoms with Gasteiger partial charge in [-0.1, -0.05) is 28.9 Å². The Balaban J connectivity index is 1.38. The molecule has 0 aliphatic carbocycles. The van der Waals surface area contributed by atoms with Gasteiger partial charge in [-0.25, -0.2) is 4.39 Å². The highest BCUT2D eigenvalue weighted by atomic mass is 35.5. The molecule has 4 aliphatic heterocycles. The van der Waals surface area contributed by atoms with Crippen molar-refractivity contribution < 1.29 is 13.7 Å². The average Bonchev–Trinajstić information content (AvgIpc) is 3.33. The molecule has 1 aromatic carbocycles. The van der Waals surface area contributed by atoms with Gasteiger partial charge in [0.2, 0.25) is 5.91 Å². The maximum absolute atomic E-state index is 13.4. The largest absolute Gasteiger partial charge is 0.360 e. The molecule has 4 saturated heterocycles. The molecule has 2 bridgehead atoms. The second kappa shape index (κ2) is 7.16. The van der Waals surface area contributed by atoms with E-state index < -0.39 is 0 Å². The minimum absolute atomic E-state index is 0.154. The van der Waals surface area contributed by atoms with Crippen molar-refractivity contribution in [3.8, 4) is 0 Å². The number of aryl methyl sites for hydroxylation is 1. The Labute approximate surface area is 168 Å². The van der Waals surface area contributed by atoms with E-state index in [-0.39, 0.29) is 23.7 Å². The maximum atomic E-state index is 13.4. The lowest BCUT2D eigenvalue weighted by Crippen LogP contribution is -2.60. The number of fused-ring (bicyclic) bond motifs is 2. The number of likely N-dealkylation sites (tertiary alicyclic amines) is 1. The first-order valence-electron chi connectivity index (χ1n) is 10.0. The van der Waals surface area contributed by atoms with Crippen molar-refractivity contribution in [2.24, 2.45) is 5.92 Å². The molecular weight excluding hydrogens is 381 g/mol. The minimum Gasteiger partial charge on any atom is -0.360 e. The van der Waals surface area contributed by atoms with E-state index in [1.54, 1.807) is 6.07 Å².